The summed E-state index contributed by atoms with van der Waals surface area (Å²) in [7, 11) is 0. The van der Waals surface area contributed by atoms with Gasteiger partial charge in [0.25, 0.3) is 11.9 Å². The normalized spacial score (nSPS) is 7.86. The maximum absolute atomic E-state index is 9.00. The SMILES string of the molecule is CC(=O)O.CC(=O)O.CC(CO)CO. The van der Waals surface area contributed by atoms with Crippen LogP contribution >= 0.6 is 0 Å². The van der Waals surface area contributed by atoms with Gasteiger partial charge in [-0.2, -0.15) is 0 Å². The molecule has 0 saturated carbocycles. The molecular formula is C8H18O6. The van der Waals surface area contributed by atoms with Crippen LogP contribution in [0.3, 0.4) is 0 Å². The van der Waals surface area contributed by atoms with Crippen molar-refractivity contribution >= 4 is 11.9 Å². The van der Waals surface area contributed by atoms with Crippen LogP contribution in [0.1, 0.15) is 20.8 Å². The zero-order valence-electron chi connectivity index (χ0n) is 8.60. The predicted molar refractivity (Wildman–Crippen MR) is 50.0 cm³/mol. The average Bonchev–Trinajstić information content (AvgIpc) is 2.01. The molecule has 0 spiro atoms. The van der Waals surface area contributed by atoms with E-state index in [0.717, 1.165) is 13.8 Å². The molecule has 0 bridgehead atoms. The van der Waals surface area contributed by atoms with Gasteiger partial charge in [-0.1, -0.05) is 6.92 Å². The zero-order valence-corrected chi connectivity index (χ0v) is 8.60. The second kappa shape index (κ2) is 14.4. The molecule has 0 rings (SSSR count). The van der Waals surface area contributed by atoms with Crippen LogP contribution in [0.25, 0.3) is 0 Å². The molecule has 0 atom stereocenters. The Morgan fingerprint density at radius 1 is 1.00 bits per heavy atom. The Morgan fingerprint density at radius 2 is 1.14 bits per heavy atom. The van der Waals surface area contributed by atoms with Gasteiger partial charge in [0.05, 0.1) is 0 Å². The molecule has 86 valence electrons. The Bertz CT molecular complexity index is 121. The second-order valence-electron chi connectivity index (χ2n) is 2.51. The van der Waals surface area contributed by atoms with Crippen molar-refractivity contribution in [3.8, 4) is 0 Å². The molecule has 0 amide bonds. The predicted octanol–water partition coefficient (Wildman–Crippen LogP) is -0.211. The number of aliphatic hydroxyl groups excluding tert-OH is 2. The van der Waals surface area contributed by atoms with Gasteiger partial charge in [-0.3, -0.25) is 9.59 Å². The lowest BCUT2D eigenvalue weighted by atomic mass is 10.2. The van der Waals surface area contributed by atoms with Gasteiger partial charge in [0, 0.05) is 33.0 Å². The summed E-state index contributed by atoms with van der Waals surface area (Å²) in [5.74, 6) is -1.62. The Balaban J connectivity index is -0.000000135. The summed E-state index contributed by atoms with van der Waals surface area (Å²) in [4.78, 5) is 18.0. The number of aliphatic carboxylic acids is 2. The number of carbonyl (C=O) groups is 2. The second-order valence-corrected chi connectivity index (χ2v) is 2.51. The van der Waals surface area contributed by atoms with Crippen LogP contribution in [0.4, 0.5) is 0 Å². The maximum Gasteiger partial charge on any atom is 0.300 e. The molecule has 0 unspecified atom stereocenters. The smallest absolute Gasteiger partial charge is 0.300 e. The summed E-state index contributed by atoms with van der Waals surface area (Å²) in [6, 6.07) is 0. The number of hydrogen-bond donors (Lipinski definition) is 4. The summed E-state index contributed by atoms with van der Waals surface area (Å²) < 4.78 is 0. The Hall–Kier alpha value is -1.14. The van der Waals surface area contributed by atoms with Gasteiger partial charge in [0.15, 0.2) is 0 Å². The van der Waals surface area contributed by atoms with Crippen LogP contribution in [0.2, 0.25) is 0 Å². The fourth-order valence-electron chi connectivity index (χ4n) is 0.0577. The molecule has 0 aliphatic heterocycles. The van der Waals surface area contributed by atoms with E-state index in [1.54, 1.807) is 6.92 Å². The van der Waals surface area contributed by atoms with Crippen LogP contribution in [0.5, 0.6) is 0 Å². The van der Waals surface area contributed by atoms with Crippen molar-refractivity contribution in [2.75, 3.05) is 13.2 Å². The van der Waals surface area contributed by atoms with Crippen molar-refractivity contribution in [1.29, 1.82) is 0 Å². The molecular weight excluding hydrogens is 192 g/mol. The van der Waals surface area contributed by atoms with E-state index in [1.165, 1.54) is 0 Å². The lowest BCUT2D eigenvalue weighted by molar-refractivity contribution is -0.135. The van der Waals surface area contributed by atoms with Gasteiger partial charge in [-0.25, -0.2) is 0 Å². The first-order valence-electron chi connectivity index (χ1n) is 3.88. The molecule has 0 aliphatic carbocycles. The van der Waals surface area contributed by atoms with Crippen molar-refractivity contribution in [3.63, 3.8) is 0 Å². The Morgan fingerprint density at radius 3 is 1.14 bits per heavy atom. The molecule has 0 heterocycles. The number of carboxylic acid groups (broad SMARTS) is 2. The van der Waals surface area contributed by atoms with Gasteiger partial charge in [-0.15, -0.1) is 0 Å². The maximum atomic E-state index is 9.00. The minimum atomic E-state index is -0.833. The lowest BCUT2D eigenvalue weighted by Crippen LogP contribution is -2.04. The largest absolute Gasteiger partial charge is 0.481 e. The number of rotatable bonds is 2. The van der Waals surface area contributed by atoms with Crippen molar-refractivity contribution < 1.29 is 30.0 Å². The molecule has 0 fully saturated rings. The number of carboxylic acids is 2. The van der Waals surface area contributed by atoms with Crippen molar-refractivity contribution in [3.05, 3.63) is 0 Å². The number of hydrogen-bond acceptors (Lipinski definition) is 4. The molecule has 6 nitrogen and oxygen atoms in total. The van der Waals surface area contributed by atoms with Gasteiger partial charge in [-0.05, 0) is 0 Å². The highest BCUT2D eigenvalue weighted by Gasteiger charge is 1.91. The van der Waals surface area contributed by atoms with Gasteiger partial charge in [0.2, 0.25) is 0 Å². The van der Waals surface area contributed by atoms with Crippen LogP contribution in [0, 0.1) is 5.92 Å². The topological polar surface area (TPSA) is 115 Å². The van der Waals surface area contributed by atoms with E-state index in [9.17, 15) is 0 Å². The summed E-state index contributed by atoms with van der Waals surface area (Å²) >= 11 is 0. The fraction of sp³-hybridized carbons (Fsp3) is 0.750. The van der Waals surface area contributed by atoms with Gasteiger partial charge >= 0.3 is 0 Å². The summed E-state index contributed by atoms with van der Waals surface area (Å²) in [6.45, 7) is 4.10. The van der Waals surface area contributed by atoms with E-state index in [4.69, 9.17) is 30.0 Å². The first-order chi connectivity index (χ1) is 6.27. The average molecular weight is 210 g/mol. The highest BCUT2D eigenvalue weighted by atomic mass is 16.4. The highest BCUT2D eigenvalue weighted by molar-refractivity contribution is 5.63. The van der Waals surface area contributed by atoms with Crippen LogP contribution in [-0.2, 0) is 9.59 Å². The van der Waals surface area contributed by atoms with Crippen LogP contribution in [0.15, 0.2) is 0 Å². The fourth-order valence-corrected chi connectivity index (χ4v) is 0.0577. The number of aliphatic hydroxyl groups is 2. The van der Waals surface area contributed by atoms with E-state index in [2.05, 4.69) is 0 Å². The van der Waals surface area contributed by atoms with Gasteiger partial charge in [0.1, 0.15) is 0 Å². The molecule has 0 saturated heterocycles. The van der Waals surface area contributed by atoms with E-state index >= 15 is 0 Å². The molecule has 6 heteroatoms. The third kappa shape index (κ3) is 129. The molecule has 0 aliphatic rings. The van der Waals surface area contributed by atoms with Crippen LogP contribution in [-0.4, -0.2) is 45.6 Å². The first-order valence-corrected chi connectivity index (χ1v) is 3.88. The monoisotopic (exact) mass is 210 g/mol. The summed E-state index contributed by atoms with van der Waals surface area (Å²) in [6.07, 6.45) is 0. The van der Waals surface area contributed by atoms with Crippen molar-refractivity contribution in [2.24, 2.45) is 5.92 Å². The quantitative estimate of drug-likeness (QED) is 0.501. The van der Waals surface area contributed by atoms with E-state index in [-0.39, 0.29) is 19.1 Å². The molecule has 0 aromatic rings. The third-order valence-electron chi connectivity index (χ3n) is 0.623. The molecule has 0 aromatic heterocycles. The third-order valence-corrected chi connectivity index (χ3v) is 0.623. The Kier molecular flexibility index (Phi) is 19.1. The minimum Gasteiger partial charge on any atom is -0.481 e. The van der Waals surface area contributed by atoms with Crippen molar-refractivity contribution in [1.82, 2.24) is 0 Å². The summed E-state index contributed by atoms with van der Waals surface area (Å²) in [5.41, 5.74) is 0. The van der Waals surface area contributed by atoms with E-state index in [0.29, 0.717) is 0 Å². The zero-order chi connectivity index (χ0) is 12.1. The molecule has 4 N–H and O–H groups in total. The summed E-state index contributed by atoms with van der Waals surface area (Å²) in [5, 5.41) is 31.2. The Labute approximate surface area is 82.8 Å². The standard InChI is InChI=1S/C4H10O2.2C2H4O2/c1-4(2-5)3-6;2*1-2(3)4/h4-6H,2-3H2,1H3;2*1H3,(H,3,4). The first kappa shape index (κ1) is 18.6. The van der Waals surface area contributed by atoms with Gasteiger partial charge < -0.3 is 20.4 Å². The van der Waals surface area contributed by atoms with Crippen molar-refractivity contribution in [2.45, 2.75) is 20.8 Å². The van der Waals surface area contributed by atoms with E-state index < -0.39 is 11.9 Å². The van der Waals surface area contributed by atoms with E-state index in [1.807, 2.05) is 0 Å². The molecule has 0 aromatic carbocycles. The molecule has 0 radical (unpaired) electrons. The highest BCUT2D eigenvalue weighted by Crippen LogP contribution is 1.85. The minimum absolute atomic E-state index is 0.0463. The molecule has 14 heavy (non-hydrogen) atoms. The van der Waals surface area contributed by atoms with Crippen LogP contribution < -0.4 is 0 Å². The lowest BCUT2D eigenvalue weighted by Gasteiger charge is -1.97.